The summed E-state index contributed by atoms with van der Waals surface area (Å²) in [5.74, 6) is 0. The van der Waals surface area contributed by atoms with Gasteiger partial charge in [-0.3, -0.25) is 0 Å². The van der Waals surface area contributed by atoms with Crippen LogP contribution < -0.4 is 0 Å². The van der Waals surface area contributed by atoms with Crippen LogP contribution in [0.15, 0.2) is 42.5 Å². The van der Waals surface area contributed by atoms with Crippen LogP contribution in [0.1, 0.15) is 18.9 Å². The molecule has 0 saturated heterocycles. The van der Waals surface area contributed by atoms with Gasteiger partial charge in [0.15, 0.2) is 0 Å². The summed E-state index contributed by atoms with van der Waals surface area (Å²) in [5, 5.41) is 10.5. The van der Waals surface area contributed by atoms with Crippen molar-refractivity contribution in [3.8, 4) is 0 Å². The maximum atomic E-state index is 10.5. The first-order valence-corrected chi connectivity index (χ1v) is 9.86. The average Bonchev–Trinajstić information content (AvgIpc) is 2.15. The lowest BCUT2D eigenvalue weighted by atomic mass is 9.90. The van der Waals surface area contributed by atoms with Crippen molar-refractivity contribution >= 4 is 8.07 Å². The number of aliphatic hydroxyl groups is 1. The highest BCUT2D eigenvalue weighted by atomic mass is 28.3. The van der Waals surface area contributed by atoms with Crippen LogP contribution in [0.3, 0.4) is 0 Å². The van der Waals surface area contributed by atoms with E-state index in [1.54, 1.807) is 0 Å². The Morgan fingerprint density at radius 3 is 2.24 bits per heavy atom. The standard InChI is InChI=1S/C15H24OSi/c1-13(12-17(3,4)5)11-15(2,16)14-9-7-6-8-10-14/h6-10,16H,1,11-12H2,2-5H3/t15-/m0/s1. The van der Waals surface area contributed by atoms with Crippen molar-refractivity contribution < 1.29 is 5.11 Å². The summed E-state index contributed by atoms with van der Waals surface area (Å²) in [6, 6.07) is 10.9. The summed E-state index contributed by atoms with van der Waals surface area (Å²) in [5.41, 5.74) is 1.34. The highest BCUT2D eigenvalue weighted by molar-refractivity contribution is 6.76. The molecule has 94 valence electrons. The van der Waals surface area contributed by atoms with Gasteiger partial charge in [0.2, 0.25) is 0 Å². The molecule has 0 fully saturated rings. The fourth-order valence-corrected chi connectivity index (χ4v) is 3.82. The predicted octanol–water partition coefficient (Wildman–Crippen LogP) is 4.18. The summed E-state index contributed by atoms with van der Waals surface area (Å²) in [4.78, 5) is 0. The molecule has 0 radical (unpaired) electrons. The van der Waals surface area contributed by atoms with Gasteiger partial charge in [-0.15, -0.1) is 6.58 Å². The molecule has 1 aromatic carbocycles. The van der Waals surface area contributed by atoms with Gasteiger partial charge in [-0.25, -0.2) is 0 Å². The average molecular weight is 248 g/mol. The summed E-state index contributed by atoms with van der Waals surface area (Å²) < 4.78 is 0. The lowest BCUT2D eigenvalue weighted by molar-refractivity contribution is 0.0577. The molecular formula is C15H24OSi. The van der Waals surface area contributed by atoms with E-state index in [2.05, 4.69) is 26.2 Å². The van der Waals surface area contributed by atoms with E-state index in [-0.39, 0.29) is 0 Å². The third kappa shape index (κ3) is 4.88. The van der Waals surface area contributed by atoms with Crippen molar-refractivity contribution in [1.29, 1.82) is 0 Å². The first kappa shape index (κ1) is 14.2. The van der Waals surface area contributed by atoms with E-state index in [0.29, 0.717) is 6.42 Å². The van der Waals surface area contributed by atoms with Crippen molar-refractivity contribution in [2.45, 2.75) is 44.6 Å². The fourth-order valence-electron chi connectivity index (χ4n) is 2.20. The Labute approximate surface area is 106 Å². The lowest BCUT2D eigenvalue weighted by Crippen LogP contribution is -2.25. The van der Waals surface area contributed by atoms with Crippen LogP contribution in [0.25, 0.3) is 0 Å². The van der Waals surface area contributed by atoms with Gasteiger partial charge in [0.25, 0.3) is 0 Å². The van der Waals surface area contributed by atoms with E-state index in [9.17, 15) is 5.11 Å². The number of benzene rings is 1. The Balaban J connectivity index is 2.71. The molecule has 0 aliphatic carbocycles. The molecule has 0 bridgehead atoms. The quantitative estimate of drug-likeness (QED) is 0.612. The Morgan fingerprint density at radius 2 is 1.76 bits per heavy atom. The normalized spacial score (nSPS) is 15.4. The zero-order valence-electron chi connectivity index (χ0n) is 11.5. The van der Waals surface area contributed by atoms with Gasteiger partial charge in [-0.05, 0) is 18.5 Å². The van der Waals surface area contributed by atoms with Crippen molar-refractivity contribution in [3.63, 3.8) is 0 Å². The molecule has 0 saturated carbocycles. The van der Waals surface area contributed by atoms with Gasteiger partial charge < -0.3 is 5.11 Å². The number of rotatable bonds is 5. The number of hydrogen-bond donors (Lipinski definition) is 1. The minimum atomic E-state index is -1.13. The molecule has 0 amide bonds. The first-order valence-electron chi connectivity index (χ1n) is 6.15. The van der Waals surface area contributed by atoms with Crippen LogP contribution in [0.4, 0.5) is 0 Å². The molecule has 0 aromatic heterocycles. The van der Waals surface area contributed by atoms with E-state index in [1.165, 1.54) is 0 Å². The fraction of sp³-hybridized carbons (Fsp3) is 0.467. The van der Waals surface area contributed by atoms with E-state index in [0.717, 1.165) is 17.2 Å². The van der Waals surface area contributed by atoms with Crippen LogP contribution in [0, 0.1) is 0 Å². The van der Waals surface area contributed by atoms with E-state index in [1.807, 2.05) is 37.3 Å². The zero-order valence-corrected chi connectivity index (χ0v) is 12.5. The molecule has 1 rings (SSSR count). The molecular weight excluding hydrogens is 224 g/mol. The third-order valence-corrected chi connectivity index (χ3v) is 4.33. The first-order chi connectivity index (χ1) is 7.71. The van der Waals surface area contributed by atoms with Crippen LogP contribution >= 0.6 is 0 Å². The molecule has 0 aliphatic rings. The highest BCUT2D eigenvalue weighted by Crippen LogP contribution is 2.30. The molecule has 1 nitrogen and oxygen atoms in total. The van der Waals surface area contributed by atoms with Crippen LogP contribution in [0.5, 0.6) is 0 Å². The molecule has 1 atom stereocenters. The van der Waals surface area contributed by atoms with E-state index in [4.69, 9.17) is 0 Å². The monoisotopic (exact) mass is 248 g/mol. The van der Waals surface area contributed by atoms with E-state index >= 15 is 0 Å². The number of hydrogen-bond acceptors (Lipinski definition) is 1. The topological polar surface area (TPSA) is 20.2 Å². The second-order valence-electron chi connectivity index (χ2n) is 6.30. The van der Waals surface area contributed by atoms with Crippen LogP contribution in [-0.2, 0) is 5.60 Å². The molecule has 0 unspecified atom stereocenters. The molecule has 0 spiro atoms. The summed E-state index contributed by atoms with van der Waals surface area (Å²) >= 11 is 0. The van der Waals surface area contributed by atoms with Crippen molar-refractivity contribution in [2.75, 3.05) is 0 Å². The zero-order chi connectivity index (χ0) is 13.1. The second kappa shape index (κ2) is 5.19. The summed E-state index contributed by atoms with van der Waals surface area (Å²) in [6.07, 6.45) is 0.654. The second-order valence-corrected chi connectivity index (χ2v) is 11.8. The SMILES string of the molecule is C=C(C[C@](C)(O)c1ccccc1)C[Si](C)(C)C. The Bertz CT molecular complexity index is 374. The molecule has 1 aromatic rings. The van der Waals surface area contributed by atoms with Crippen LogP contribution in [0.2, 0.25) is 25.7 Å². The Kier molecular flexibility index (Phi) is 4.34. The molecule has 0 aliphatic heterocycles. The van der Waals surface area contributed by atoms with Crippen molar-refractivity contribution in [3.05, 3.63) is 48.0 Å². The largest absolute Gasteiger partial charge is 0.385 e. The maximum absolute atomic E-state index is 10.5. The van der Waals surface area contributed by atoms with Gasteiger partial charge in [0.1, 0.15) is 0 Å². The molecule has 1 N–H and O–H groups in total. The maximum Gasteiger partial charge on any atom is 0.0905 e. The minimum absolute atomic E-state index is 0.654. The molecule has 2 heteroatoms. The van der Waals surface area contributed by atoms with Gasteiger partial charge in [0, 0.05) is 14.5 Å². The third-order valence-electron chi connectivity index (χ3n) is 2.77. The smallest absolute Gasteiger partial charge is 0.0905 e. The Hall–Kier alpha value is -0.863. The summed E-state index contributed by atoms with van der Waals surface area (Å²) in [7, 11) is -1.13. The van der Waals surface area contributed by atoms with Gasteiger partial charge in [-0.1, -0.05) is 55.5 Å². The lowest BCUT2D eigenvalue weighted by Gasteiger charge is -2.27. The van der Waals surface area contributed by atoms with E-state index < -0.39 is 13.7 Å². The summed E-state index contributed by atoms with van der Waals surface area (Å²) in [6.45, 7) is 13.0. The van der Waals surface area contributed by atoms with Gasteiger partial charge in [-0.2, -0.15) is 0 Å². The van der Waals surface area contributed by atoms with Gasteiger partial charge >= 0.3 is 0 Å². The van der Waals surface area contributed by atoms with Gasteiger partial charge in [0.05, 0.1) is 5.60 Å². The molecule has 17 heavy (non-hydrogen) atoms. The minimum Gasteiger partial charge on any atom is -0.385 e. The van der Waals surface area contributed by atoms with Crippen LogP contribution in [-0.4, -0.2) is 13.2 Å². The van der Waals surface area contributed by atoms with Crippen molar-refractivity contribution in [1.82, 2.24) is 0 Å². The highest BCUT2D eigenvalue weighted by Gasteiger charge is 2.25. The predicted molar refractivity (Wildman–Crippen MR) is 77.9 cm³/mol. The van der Waals surface area contributed by atoms with Crippen molar-refractivity contribution in [2.24, 2.45) is 0 Å². The molecule has 0 heterocycles. The Morgan fingerprint density at radius 1 is 1.24 bits per heavy atom.